The van der Waals surface area contributed by atoms with E-state index in [2.05, 4.69) is 30.1 Å². The van der Waals surface area contributed by atoms with Crippen molar-refractivity contribution >= 4 is 38.9 Å². The van der Waals surface area contributed by atoms with Crippen LogP contribution in [0.3, 0.4) is 0 Å². The van der Waals surface area contributed by atoms with Crippen LogP contribution in [0.4, 0.5) is 0 Å². The van der Waals surface area contributed by atoms with Crippen LogP contribution in [0, 0.1) is 0 Å². The largest absolute Gasteiger partial charge is 0.331 e. The highest BCUT2D eigenvalue weighted by Crippen LogP contribution is 2.38. The van der Waals surface area contributed by atoms with E-state index in [0.717, 1.165) is 52.6 Å². The molecule has 2 aromatic carbocycles. The molecule has 5 rings (SSSR count). The lowest BCUT2D eigenvalue weighted by Gasteiger charge is -2.40. The number of nitrogens with zero attached hydrogens (tertiary/aromatic N) is 2. The molecule has 0 saturated heterocycles. The van der Waals surface area contributed by atoms with E-state index in [4.69, 9.17) is 17.3 Å². The quantitative estimate of drug-likeness (QED) is 0.331. The lowest BCUT2D eigenvalue weighted by molar-refractivity contribution is 0.0585. The van der Waals surface area contributed by atoms with Crippen molar-refractivity contribution in [3.8, 4) is 11.3 Å². The van der Waals surface area contributed by atoms with E-state index in [1.165, 1.54) is 11.3 Å². The summed E-state index contributed by atoms with van der Waals surface area (Å²) in [6.45, 7) is 2.63. The normalized spacial score (nSPS) is 20.4. The van der Waals surface area contributed by atoms with Crippen molar-refractivity contribution in [2.24, 2.45) is 5.73 Å². The molecule has 2 heterocycles. The molecule has 4 nitrogen and oxygen atoms in total. The van der Waals surface area contributed by atoms with Crippen LogP contribution in [-0.2, 0) is 6.54 Å². The average Bonchev–Trinajstić information content (AvgIpc) is 3.20. The van der Waals surface area contributed by atoms with Crippen LogP contribution in [0.1, 0.15) is 47.8 Å². The van der Waals surface area contributed by atoms with Crippen molar-refractivity contribution in [3.63, 3.8) is 0 Å². The number of amides is 1. The minimum absolute atomic E-state index is 0.0000589. The minimum Gasteiger partial charge on any atom is -0.331 e. The lowest BCUT2D eigenvalue weighted by Crippen LogP contribution is -2.48. The summed E-state index contributed by atoms with van der Waals surface area (Å²) in [6.07, 6.45) is 5.38. The van der Waals surface area contributed by atoms with Gasteiger partial charge in [-0.25, -0.2) is 0 Å². The molecule has 6 heteroatoms. The van der Waals surface area contributed by atoms with E-state index in [1.54, 1.807) is 6.20 Å². The third kappa shape index (κ3) is 4.74. The monoisotopic (exact) mass is 489 g/mol. The lowest BCUT2D eigenvalue weighted by atomic mass is 9.81. The molecule has 1 aliphatic carbocycles. The van der Waals surface area contributed by atoms with Crippen molar-refractivity contribution in [1.29, 1.82) is 0 Å². The highest BCUT2D eigenvalue weighted by Gasteiger charge is 2.34. The number of thiophene rings is 1. The number of benzene rings is 2. The molecule has 1 aliphatic rings. The van der Waals surface area contributed by atoms with Crippen LogP contribution in [0.2, 0.25) is 5.02 Å². The molecule has 0 spiro atoms. The number of rotatable bonds is 5. The first-order chi connectivity index (χ1) is 16.4. The number of hydrogen-bond acceptors (Lipinski definition) is 4. The first-order valence-corrected chi connectivity index (χ1v) is 12.9. The first kappa shape index (κ1) is 23.0. The van der Waals surface area contributed by atoms with E-state index in [9.17, 15) is 4.79 Å². The zero-order valence-electron chi connectivity index (χ0n) is 19.2. The third-order valence-electron chi connectivity index (χ3n) is 6.77. The Bertz CT molecular complexity index is 1310. The van der Waals surface area contributed by atoms with Gasteiger partial charge in [-0.05, 0) is 62.4 Å². The molecule has 174 valence electrons. The van der Waals surface area contributed by atoms with Crippen LogP contribution in [-0.4, -0.2) is 27.4 Å². The molecule has 0 atom stereocenters. The molecule has 0 radical (unpaired) electrons. The molecule has 0 unspecified atom stereocenters. The number of carbonyl (C=O) groups excluding carboxylic acids is 1. The molecule has 2 aromatic heterocycles. The number of hydrogen-bond donors (Lipinski definition) is 1. The molecule has 4 aromatic rings. The summed E-state index contributed by atoms with van der Waals surface area (Å²) < 4.78 is 1.03. The third-order valence-corrected chi connectivity index (χ3v) is 8.43. The van der Waals surface area contributed by atoms with Crippen molar-refractivity contribution in [2.75, 3.05) is 0 Å². The Kier molecular flexibility index (Phi) is 6.43. The van der Waals surface area contributed by atoms with E-state index in [0.29, 0.717) is 16.4 Å². The van der Waals surface area contributed by atoms with Gasteiger partial charge in [-0.15, -0.1) is 11.3 Å². The summed E-state index contributed by atoms with van der Waals surface area (Å²) in [6, 6.07) is 22.3. The summed E-state index contributed by atoms with van der Waals surface area (Å²) in [5.41, 5.74) is 9.29. The van der Waals surface area contributed by atoms with Crippen LogP contribution in [0.15, 0.2) is 72.9 Å². The molecule has 1 amide bonds. The van der Waals surface area contributed by atoms with E-state index < -0.39 is 0 Å². The fourth-order valence-corrected chi connectivity index (χ4v) is 6.25. The van der Waals surface area contributed by atoms with Crippen molar-refractivity contribution < 1.29 is 4.79 Å². The Hall–Kier alpha value is -2.73. The van der Waals surface area contributed by atoms with Gasteiger partial charge in [-0.3, -0.25) is 9.78 Å². The van der Waals surface area contributed by atoms with Gasteiger partial charge in [0.15, 0.2) is 0 Å². The van der Waals surface area contributed by atoms with Gasteiger partial charge in [-0.2, -0.15) is 0 Å². The summed E-state index contributed by atoms with van der Waals surface area (Å²) >= 11 is 8.20. The summed E-state index contributed by atoms with van der Waals surface area (Å²) in [7, 11) is 0. The Morgan fingerprint density at radius 2 is 1.88 bits per heavy atom. The molecule has 1 saturated carbocycles. The Morgan fingerprint density at radius 1 is 1.12 bits per heavy atom. The van der Waals surface area contributed by atoms with Gasteiger partial charge in [0.1, 0.15) is 4.88 Å². The van der Waals surface area contributed by atoms with Crippen molar-refractivity contribution in [1.82, 2.24) is 9.88 Å². The maximum Gasteiger partial charge on any atom is 0.266 e. The van der Waals surface area contributed by atoms with Crippen molar-refractivity contribution in [2.45, 2.75) is 50.7 Å². The fraction of sp³-hybridized carbons (Fsp3) is 0.286. The van der Waals surface area contributed by atoms with Gasteiger partial charge in [0.05, 0.1) is 10.7 Å². The summed E-state index contributed by atoms with van der Waals surface area (Å²) in [5, 5.41) is 1.49. The number of nitrogens with two attached hydrogens (primary N) is 1. The molecule has 1 fully saturated rings. The second kappa shape index (κ2) is 9.49. The predicted molar refractivity (Wildman–Crippen MR) is 141 cm³/mol. The molecule has 0 bridgehead atoms. The second-order valence-corrected chi connectivity index (χ2v) is 10.9. The topological polar surface area (TPSA) is 59.2 Å². The van der Waals surface area contributed by atoms with Gasteiger partial charge in [0.25, 0.3) is 5.91 Å². The number of fused-ring (bicyclic) bond motifs is 1. The number of aromatic nitrogens is 1. The molecule has 0 aliphatic heterocycles. The van der Waals surface area contributed by atoms with Gasteiger partial charge < -0.3 is 10.6 Å². The molecular weight excluding hydrogens is 462 g/mol. The van der Waals surface area contributed by atoms with Gasteiger partial charge in [0.2, 0.25) is 0 Å². The number of carbonyl (C=O) groups is 1. The van der Waals surface area contributed by atoms with Crippen molar-refractivity contribution in [3.05, 3.63) is 88.4 Å². The molecule has 2 N–H and O–H groups in total. The SMILES string of the molecule is CC1(N)CCC(N(Cc2cccc(-c3ccccn3)c2)C(=O)c2sc3ccccc3c2Cl)CC1. The van der Waals surface area contributed by atoms with E-state index in [1.807, 2.05) is 53.4 Å². The Labute approximate surface area is 209 Å². The van der Waals surface area contributed by atoms with Crippen LogP contribution in [0.5, 0.6) is 0 Å². The maximum atomic E-state index is 14.0. The first-order valence-electron chi connectivity index (χ1n) is 11.7. The van der Waals surface area contributed by atoms with E-state index >= 15 is 0 Å². The highest BCUT2D eigenvalue weighted by molar-refractivity contribution is 7.21. The van der Waals surface area contributed by atoms with E-state index in [-0.39, 0.29) is 17.5 Å². The summed E-state index contributed by atoms with van der Waals surface area (Å²) in [5.74, 6) is 0.0000589. The van der Waals surface area contributed by atoms with Crippen LogP contribution in [0.25, 0.3) is 21.3 Å². The Balaban J connectivity index is 1.49. The predicted octanol–water partition coefficient (Wildman–Crippen LogP) is 6.92. The number of pyridine rings is 1. The van der Waals surface area contributed by atoms with Crippen LogP contribution < -0.4 is 5.73 Å². The maximum absolute atomic E-state index is 14.0. The zero-order valence-corrected chi connectivity index (χ0v) is 20.8. The van der Waals surface area contributed by atoms with Crippen LogP contribution >= 0.6 is 22.9 Å². The fourth-order valence-electron chi connectivity index (χ4n) is 4.78. The van der Waals surface area contributed by atoms with Gasteiger partial charge in [0, 0.05) is 40.0 Å². The van der Waals surface area contributed by atoms with Gasteiger partial charge >= 0.3 is 0 Å². The minimum atomic E-state index is -0.167. The molecule has 34 heavy (non-hydrogen) atoms. The summed E-state index contributed by atoms with van der Waals surface area (Å²) in [4.78, 5) is 21.1. The number of halogens is 1. The zero-order chi connectivity index (χ0) is 23.7. The second-order valence-electron chi connectivity index (χ2n) is 9.47. The standard InChI is InChI=1S/C28H28ClN3OS/c1-28(30)14-12-21(13-15-28)32(27(33)26-25(29)22-9-2-3-11-24(22)34-26)18-19-7-6-8-20(17-19)23-10-4-5-16-31-23/h2-11,16-17,21H,12-15,18,30H2,1H3. The van der Waals surface area contributed by atoms with Gasteiger partial charge in [-0.1, -0.05) is 54.1 Å². The average molecular weight is 490 g/mol. The highest BCUT2D eigenvalue weighted by atomic mass is 35.5. The smallest absolute Gasteiger partial charge is 0.266 e. The Morgan fingerprint density at radius 3 is 2.62 bits per heavy atom. The molecular formula is C28H28ClN3OS.